The zero-order valence-electron chi connectivity index (χ0n) is 5.73. The maximum absolute atomic E-state index is 5.55. The molecule has 0 fully saturated rings. The Hall–Kier alpha value is -0.480. The Labute approximate surface area is 51.3 Å². The standard InChI is InChI=1S/C7H13N/c1-4-5-7(8)6(2)3/h6-7H,8H2,1-3H3. The fraction of sp³-hybridized carbons (Fsp3) is 0.714. The van der Waals surface area contributed by atoms with Crippen molar-refractivity contribution < 1.29 is 0 Å². The highest BCUT2D eigenvalue weighted by atomic mass is 14.6. The van der Waals surface area contributed by atoms with E-state index in [2.05, 4.69) is 25.7 Å². The van der Waals surface area contributed by atoms with Crippen molar-refractivity contribution in [3.63, 3.8) is 0 Å². The minimum atomic E-state index is 0.0556. The highest BCUT2D eigenvalue weighted by Crippen LogP contribution is 1.94. The summed E-state index contributed by atoms with van der Waals surface area (Å²) in [5, 5.41) is 0. The van der Waals surface area contributed by atoms with Crippen LogP contribution in [-0.2, 0) is 0 Å². The minimum absolute atomic E-state index is 0.0556. The molecule has 0 saturated heterocycles. The molecule has 0 aromatic carbocycles. The highest BCUT2D eigenvalue weighted by Gasteiger charge is 2.00. The van der Waals surface area contributed by atoms with Gasteiger partial charge in [-0.05, 0) is 12.8 Å². The molecular formula is C7H13N. The molecule has 0 saturated carbocycles. The van der Waals surface area contributed by atoms with Crippen LogP contribution in [0.4, 0.5) is 0 Å². The monoisotopic (exact) mass is 111 g/mol. The number of hydrogen-bond donors (Lipinski definition) is 1. The van der Waals surface area contributed by atoms with Crippen molar-refractivity contribution >= 4 is 0 Å². The smallest absolute Gasteiger partial charge is 0.0687 e. The van der Waals surface area contributed by atoms with E-state index in [0.29, 0.717) is 5.92 Å². The Morgan fingerprint density at radius 1 is 1.38 bits per heavy atom. The van der Waals surface area contributed by atoms with Gasteiger partial charge in [-0.3, -0.25) is 0 Å². The van der Waals surface area contributed by atoms with E-state index >= 15 is 0 Å². The topological polar surface area (TPSA) is 26.0 Å². The Bertz CT molecular complexity index is 105. The van der Waals surface area contributed by atoms with Crippen LogP contribution in [0.1, 0.15) is 20.8 Å². The summed E-state index contributed by atoms with van der Waals surface area (Å²) in [7, 11) is 0. The number of rotatable bonds is 1. The molecule has 0 aliphatic rings. The molecule has 0 aliphatic heterocycles. The van der Waals surface area contributed by atoms with Gasteiger partial charge in [0.2, 0.25) is 0 Å². The first kappa shape index (κ1) is 7.52. The molecule has 46 valence electrons. The van der Waals surface area contributed by atoms with Crippen LogP contribution >= 0.6 is 0 Å². The van der Waals surface area contributed by atoms with Crippen molar-refractivity contribution in [2.75, 3.05) is 0 Å². The summed E-state index contributed by atoms with van der Waals surface area (Å²) in [5.74, 6) is 6.12. The lowest BCUT2D eigenvalue weighted by molar-refractivity contribution is 0.584. The quantitative estimate of drug-likeness (QED) is 0.502. The van der Waals surface area contributed by atoms with Gasteiger partial charge in [0.1, 0.15) is 0 Å². The van der Waals surface area contributed by atoms with E-state index in [1.165, 1.54) is 0 Å². The lowest BCUT2D eigenvalue weighted by Gasteiger charge is -2.05. The second kappa shape index (κ2) is 3.51. The zero-order chi connectivity index (χ0) is 6.57. The van der Waals surface area contributed by atoms with Crippen molar-refractivity contribution in [1.82, 2.24) is 0 Å². The maximum Gasteiger partial charge on any atom is 0.0687 e. The van der Waals surface area contributed by atoms with Crippen LogP contribution in [0.15, 0.2) is 0 Å². The molecule has 2 N–H and O–H groups in total. The fourth-order valence-electron chi connectivity index (χ4n) is 0.333. The molecule has 0 amide bonds. The third-order valence-corrected chi connectivity index (χ3v) is 1.03. The molecular weight excluding hydrogens is 98.1 g/mol. The Morgan fingerprint density at radius 2 is 1.88 bits per heavy atom. The zero-order valence-corrected chi connectivity index (χ0v) is 5.73. The first-order chi connectivity index (χ1) is 3.68. The lowest BCUT2D eigenvalue weighted by Crippen LogP contribution is -2.23. The van der Waals surface area contributed by atoms with Gasteiger partial charge in [0.25, 0.3) is 0 Å². The number of nitrogens with two attached hydrogens (primary N) is 1. The van der Waals surface area contributed by atoms with E-state index in [9.17, 15) is 0 Å². The molecule has 0 aromatic heterocycles. The largest absolute Gasteiger partial charge is 0.317 e. The molecule has 0 rings (SSSR count). The van der Waals surface area contributed by atoms with Crippen molar-refractivity contribution in [3.05, 3.63) is 0 Å². The van der Waals surface area contributed by atoms with Gasteiger partial charge in [-0.25, -0.2) is 0 Å². The second-order valence-corrected chi connectivity index (χ2v) is 2.16. The molecule has 0 aliphatic carbocycles. The van der Waals surface area contributed by atoms with Crippen LogP contribution in [0.5, 0.6) is 0 Å². The summed E-state index contributed by atoms with van der Waals surface area (Å²) in [5.41, 5.74) is 5.55. The normalized spacial score (nSPS) is 12.6. The van der Waals surface area contributed by atoms with Gasteiger partial charge in [0, 0.05) is 0 Å². The van der Waals surface area contributed by atoms with E-state index in [0.717, 1.165) is 0 Å². The van der Waals surface area contributed by atoms with Gasteiger partial charge in [-0.2, -0.15) is 0 Å². The lowest BCUT2D eigenvalue weighted by atomic mass is 10.1. The number of hydrogen-bond acceptors (Lipinski definition) is 1. The van der Waals surface area contributed by atoms with Gasteiger partial charge in [0.05, 0.1) is 6.04 Å². The molecule has 8 heavy (non-hydrogen) atoms. The van der Waals surface area contributed by atoms with Crippen LogP contribution in [0.25, 0.3) is 0 Å². The van der Waals surface area contributed by atoms with Crippen molar-refractivity contribution in [2.24, 2.45) is 11.7 Å². The Balaban J connectivity index is 3.58. The predicted octanol–water partition coefficient (Wildman–Crippen LogP) is 0.993. The van der Waals surface area contributed by atoms with E-state index in [1.807, 2.05) is 6.92 Å². The highest BCUT2D eigenvalue weighted by molar-refractivity contribution is 5.04. The van der Waals surface area contributed by atoms with E-state index in [-0.39, 0.29) is 6.04 Å². The van der Waals surface area contributed by atoms with Crippen molar-refractivity contribution in [2.45, 2.75) is 26.8 Å². The SMILES string of the molecule is CC#CC(N)C(C)C. The van der Waals surface area contributed by atoms with Gasteiger partial charge in [0.15, 0.2) is 0 Å². The molecule has 0 radical (unpaired) electrons. The van der Waals surface area contributed by atoms with Gasteiger partial charge in [-0.1, -0.05) is 19.8 Å². The molecule has 0 spiro atoms. The van der Waals surface area contributed by atoms with Crippen LogP contribution in [0.3, 0.4) is 0 Å². The molecule has 1 unspecified atom stereocenters. The van der Waals surface area contributed by atoms with Crippen molar-refractivity contribution in [3.8, 4) is 11.8 Å². The van der Waals surface area contributed by atoms with Crippen LogP contribution in [-0.4, -0.2) is 6.04 Å². The van der Waals surface area contributed by atoms with E-state index < -0.39 is 0 Å². The molecule has 0 bridgehead atoms. The summed E-state index contributed by atoms with van der Waals surface area (Å²) in [6, 6.07) is 0.0556. The summed E-state index contributed by atoms with van der Waals surface area (Å²) < 4.78 is 0. The molecule has 0 heterocycles. The molecule has 0 aromatic rings. The summed E-state index contributed by atoms with van der Waals surface area (Å²) in [6.07, 6.45) is 0. The van der Waals surface area contributed by atoms with Crippen LogP contribution < -0.4 is 5.73 Å². The van der Waals surface area contributed by atoms with Crippen LogP contribution in [0.2, 0.25) is 0 Å². The summed E-state index contributed by atoms with van der Waals surface area (Å²) >= 11 is 0. The first-order valence-electron chi connectivity index (χ1n) is 2.86. The molecule has 1 atom stereocenters. The maximum atomic E-state index is 5.55. The minimum Gasteiger partial charge on any atom is -0.317 e. The van der Waals surface area contributed by atoms with Crippen molar-refractivity contribution in [1.29, 1.82) is 0 Å². The summed E-state index contributed by atoms with van der Waals surface area (Å²) in [4.78, 5) is 0. The predicted molar refractivity (Wildman–Crippen MR) is 36.3 cm³/mol. The second-order valence-electron chi connectivity index (χ2n) is 2.16. The third-order valence-electron chi connectivity index (χ3n) is 1.03. The van der Waals surface area contributed by atoms with Gasteiger partial charge >= 0.3 is 0 Å². The van der Waals surface area contributed by atoms with E-state index in [1.54, 1.807) is 0 Å². The summed E-state index contributed by atoms with van der Waals surface area (Å²) in [6.45, 7) is 5.94. The third kappa shape index (κ3) is 2.65. The average Bonchev–Trinajstić information content (AvgIpc) is 1.67. The first-order valence-corrected chi connectivity index (χ1v) is 2.86. The Kier molecular flexibility index (Phi) is 3.30. The average molecular weight is 111 g/mol. The van der Waals surface area contributed by atoms with Gasteiger partial charge in [-0.15, -0.1) is 5.92 Å². The molecule has 1 heteroatoms. The van der Waals surface area contributed by atoms with Crippen LogP contribution in [0, 0.1) is 17.8 Å². The Morgan fingerprint density at radius 3 is 2.00 bits per heavy atom. The molecule has 1 nitrogen and oxygen atoms in total. The van der Waals surface area contributed by atoms with Gasteiger partial charge < -0.3 is 5.73 Å². The fourth-order valence-corrected chi connectivity index (χ4v) is 0.333. The van der Waals surface area contributed by atoms with E-state index in [4.69, 9.17) is 5.73 Å².